The van der Waals surface area contributed by atoms with Gasteiger partial charge in [0.2, 0.25) is 5.91 Å². The average Bonchev–Trinajstić information content (AvgIpc) is 3.53. The van der Waals surface area contributed by atoms with Crippen molar-refractivity contribution in [2.24, 2.45) is 0 Å². The Balaban J connectivity index is 1.29. The first-order chi connectivity index (χ1) is 16.5. The lowest BCUT2D eigenvalue weighted by Crippen LogP contribution is -2.51. The third-order valence-electron chi connectivity index (χ3n) is 5.60. The summed E-state index contributed by atoms with van der Waals surface area (Å²) in [6.45, 7) is 2.55. The lowest BCUT2D eigenvalue weighted by Gasteiger charge is -2.16. The van der Waals surface area contributed by atoms with Crippen LogP contribution in [-0.2, 0) is 25.8 Å². The summed E-state index contributed by atoms with van der Waals surface area (Å²) < 4.78 is 5.04. The quantitative estimate of drug-likeness (QED) is 0.182. The molecular weight excluding hydrogens is 444 g/mol. The van der Waals surface area contributed by atoms with Crippen molar-refractivity contribution in [3.8, 4) is 0 Å². The Morgan fingerprint density at radius 3 is 2.65 bits per heavy atom. The third-order valence-corrected chi connectivity index (χ3v) is 5.60. The highest BCUT2D eigenvalue weighted by Crippen LogP contribution is 2.16. The number of hydrogen-bond acceptors (Lipinski definition) is 9. The Morgan fingerprint density at radius 1 is 1.15 bits per heavy atom. The summed E-state index contributed by atoms with van der Waals surface area (Å²) in [4.78, 5) is 41.3. The number of benzene rings is 1. The molecule has 0 bridgehead atoms. The number of carbonyl (C=O) groups is 3. The molecule has 7 N–H and O–H groups in total. The monoisotopic (exact) mass is 478 g/mol. The van der Waals surface area contributed by atoms with E-state index < -0.39 is 24.1 Å². The summed E-state index contributed by atoms with van der Waals surface area (Å²) in [6, 6.07) is 7.13. The highest BCUT2D eigenvalue weighted by atomic mass is 16.7. The zero-order chi connectivity index (χ0) is 24.2. The molecule has 2 aliphatic rings. The molecule has 3 unspecified atom stereocenters. The second kappa shape index (κ2) is 13.8. The van der Waals surface area contributed by atoms with Crippen molar-refractivity contribution < 1.29 is 29.1 Å². The summed E-state index contributed by atoms with van der Waals surface area (Å²) in [5.74, 6) is -1.66. The molecular formula is C22H34N6O6. The van der Waals surface area contributed by atoms with Gasteiger partial charge in [-0.15, -0.1) is 0 Å². The average molecular weight is 479 g/mol. The second-order valence-corrected chi connectivity index (χ2v) is 8.28. The van der Waals surface area contributed by atoms with E-state index in [0.717, 1.165) is 44.5 Å². The van der Waals surface area contributed by atoms with Gasteiger partial charge < -0.3 is 20.5 Å². The summed E-state index contributed by atoms with van der Waals surface area (Å²) in [6.07, 6.45) is 2.47. The molecule has 3 rings (SSSR count). The van der Waals surface area contributed by atoms with Crippen LogP contribution < -0.4 is 32.1 Å². The van der Waals surface area contributed by atoms with Gasteiger partial charge >= 0.3 is 12.1 Å². The minimum Gasteiger partial charge on any atom is -0.480 e. The molecule has 0 saturated carbocycles. The lowest BCUT2D eigenvalue weighted by atomic mass is 10.1. The number of alkyl carbamates (subject to hydrolysis) is 1. The SMILES string of the molecule is O=C(NC(CNC(=O)C1CC(CCCCNC2NCCN2)ON1)C(=O)O)OCc1ccccc1. The highest BCUT2D eigenvalue weighted by Gasteiger charge is 2.31. The molecule has 188 valence electrons. The van der Waals surface area contributed by atoms with Crippen LogP contribution in [0.1, 0.15) is 31.2 Å². The third kappa shape index (κ3) is 8.88. The molecule has 12 heteroatoms. The van der Waals surface area contributed by atoms with Crippen molar-refractivity contribution in [1.82, 2.24) is 32.1 Å². The number of nitrogens with one attached hydrogen (secondary N) is 6. The normalized spacial score (nSPS) is 21.2. The van der Waals surface area contributed by atoms with Crippen LogP contribution in [0.2, 0.25) is 0 Å². The first-order valence-corrected chi connectivity index (χ1v) is 11.6. The van der Waals surface area contributed by atoms with Gasteiger partial charge in [0.05, 0.1) is 6.10 Å². The predicted octanol–water partition coefficient (Wildman–Crippen LogP) is -0.619. The fraction of sp³-hybridized carbons (Fsp3) is 0.591. The van der Waals surface area contributed by atoms with Gasteiger partial charge in [-0.3, -0.25) is 25.6 Å². The molecule has 3 atom stereocenters. The number of rotatable bonds is 13. The summed E-state index contributed by atoms with van der Waals surface area (Å²) in [5, 5.41) is 24.1. The van der Waals surface area contributed by atoms with Gasteiger partial charge in [0.15, 0.2) is 0 Å². The van der Waals surface area contributed by atoms with Gasteiger partial charge in [0.25, 0.3) is 0 Å². The van der Waals surface area contributed by atoms with E-state index in [-0.39, 0.29) is 31.5 Å². The van der Waals surface area contributed by atoms with Gasteiger partial charge in [-0.25, -0.2) is 9.59 Å². The summed E-state index contributed by atoms with van der Waals surface area (Å²) >= 11 is 0. The van der Waals surface area contributed by atoms with Crippen molar-refractivity contribution in [2.75, 3.05) is 26.2 Å². The number of ether oxygens (including phenoxy) is 1. The Kier molecular flexibility index (Phi) is 10.5. The lowest BCUT2D eigenvalue weighted by molar-refractivity contribution is -0.139. The molecule has 1 aromatic rings. The summed E-state index contributed by atoms with van der Waals surface area (Å²) in [5.41, 5.74) is 3.49. The molecule has 2 fully saturated rings. The van der Waals surface area contributed by atoms with E-state index >= 15 is 0 Å². The number of aliphatic carboxylic acids is 1. The van der Waals surface area contributed by atoms with Crippen LogP contribution in [-0.4, -0.2) is 73.7 Å². The molecule has 2 heterocycles. The minimum absolute atomic E-state index is 0.0144. The molecule has 0 radical (unpaired) electrons. The molecule has 0 spiro atoms. The van der Waals surface area contributed by atoms with Crippen LogP contribution in [0.4, 0.5) is 4.79 Å². The Labute approximate surface area is 198 Å². The molecule has 12 nitrogen and oxygen atoms in total. The van der Waals surface area contributed by atoms with Crippen molar-refractivity contribution in [2.45, 2.75) is 56.8 Å². The van der Waals surface area contributed by atoms with Crippen LogP contribution in [0.15, 0.2) is 30.3 Å². The molecule has 2 aliphatic heterocycles. The molecule has 34 heavy (non-hydrogen) atoms. The van der Waals surface area contributed by atoms with Crippen LogP contribution in [0.5, 0.6) is 0 Å². The van der Waals surface area contributed by atoms with E-state index in [1.54, 1.807) is 24.3 Å². The Morgan fingerprint density at radius 2 is 1.91 bits per heavy atom. The maximum atomic E-state index is 12.4. The highest BCUT2D eigenvalue weighted by molar-refractivity contribution is 5.84. The van der Waals surface area contributed by atoms with Crippen molar-refractivity contribution in [3.63, 3.8) is 0 Å². The smallest absolute Gasteiger partial charge is 0.408 e. The van der Waals surface area contributed by atoms with E-state index in [1.807, 2.05) is 6.07 Å². The van der Waals surface area contributed by atoms with Gasteiger partial charge in [0.1, 0.15) is 25.0 Å². The Hall–Kier alpha value is -2.77. The predicted molar refractivity (Wildman–Crippen MR) is 122 cm³/mol. The first kappa shape index (κ1) is 25.8. The van der Waals surface area contributed by atoms with Crippen molar-refractivity contribution in [3.05, 3.63) is 35.9 Å². The fourth-order valence-corrected chi connectivity index (χ4v) is 3.70. The van der Waals surface area contributed by atoms with Crippen LogP contribution in [0, 0.1) is 0 Å². The maximum absolute atomic E-state index is 12.4. The number of hydrogen-bond donors (Lipinski definition) is 7. The second-order valence-electron chi connectivity index (χ2n) is 8.28. The number of carboxylic acids is 1. The summed E-state index contributed by atoms with van der Waals surface area (Å²) in [7, 11) is 0. The Bertz CT molecular complexity index is 791. The molecule has 1 aromatic carbocycles. The number of hydroxylamine groups is 1. The van der Waals surface area contributed by atoms with Crippen LogP contribution >= 0.6 is 0 Å². The van der Waals surface area contributed by atoms with E-state index in [9.17, 15) is 19.5 Å². The van der Waals surface area contributed by atoms with E-state index in [1.165, 1.54) is 0 Å². The number of carbonyl (C=O) groups excluding carboxylic acids is 2. The topological polar surface area (TPSA) is 162 Å². The van der Waals surface area contributed by atoms with E-state index in [2.05, 4.69) is 32.1 Å². The van der Waals surface area contributed by atoms with E-state index in [4.69, 9.17) is 9.57 Å². The van der Waals surface area contributed by atoms with Crippen molar-refractivity contribution in [1.29, 1.82) is 0 Å². The van der Waals surface area contributed by atoms with E-state index in [0.29, 0.717) is 6.42 Å². The fourth-order valence-electron chi connectivity index (χ4n) is 3.70. The largest absolute Gasteiger partial charge is 0.480 e. The number of carboxylic acid groups (broad SMARTS) is 1. The molecule has 2 amide bonds. The van der Waals surface area contributed by atoms with Crippen LogP contribution in [0.3, 0.4) is 0 Å². The van der Waals surface area contributed by atoms with Gasteiger partial charge in [0, 0.05) is 26.1 Å². The van der Waals surface area contributed by atoms with Gasteiger partial charge in [-0.1, -0.05) is 30.3 Å². The standard InChI is InChI=1S/C22H34N6O6/c29-19(17-12-16(34-28-17)8-4-5-9-23-21-24-10-11-25-21)26-13-18(20(30)31)27-22(32)33-14-15-6-2-1-3-7-15/h1-3,6-7,16-18,21,23-25,28H,4-5,8-14H2,(H,26,29)(H,27,32)(H,30,31). The first-order valence-electron chi connectivity index (χ1n) is 11.6. The molecule has 0 aliphatic carbocycles. The minimum atomic E-state index is -1.32. The zero-order valence-corrected chi connectivity index (χ0v) is 19.0. The van der Waals surface area contributed by atoms with Crippen molar-refractivity contribution >= 4 is 18.0 Å². The van der Waals surface area contributed by atoms with Gasteiger partial charge in [-0.2, -0.15) is 5.48 Å². The van der Waals surface area contributed by atoms with Gasteiger partial charge in [-0.05, 0) is 31.4 Å². The van der Waals surface area contributed by atoms with Crippen LogP contribution in [0.25, 0.3) is 0 Å². The number of amides is 2. The number of unbranched alkanes of at least 4 members (excludes halogenated alkanes) is 1. The maximum Gasteiger partial charge on any atom is 0.408 e. The molecule has 0 aromatic heterocycles. The zero-order valence-electron chi connectivity index (χ0n) is 19.0. The molecule has 2 saturated heterocycles.